The Hall–Kier alpha value is -1.30. The van der Waals surface area contributed by atoms with Crippen LogP contribution in [0.5, 0.6) is 0 Å². The molecule has 0 aliphatic heterocycles. The number of carbonyl (C=O) groups excluding carboxylic acids is 1. The van der Waals surface area contributed by atoms with E-state index in [0.29, 0.717) is 0 Å². The fraction of sp³-hybridized carbons (Fsp3) is 0.857. The van der Waals surface area contributed by atoms with Gasteiger partial charge in [0.1, 0.15) is 0 Å². The Kier molecular flexibility index (Phi) is 9.80. The number of urea groups is 1. The van der Waals surface area contributed by atoms with Crippen molar-refractivity contribution in [1.82, 2.24) is 15.5 Å². The summed E-state index contributed by atoms with van der Waals surface area (Å²) in [6.45, 7) is 11.1. The summed E-state index contributed by atoms with van der Waals surface area (Å²) in [5.74, 6) is -0.912. The summed E-state index contributed by atoms with van der Waals surface area (Å²) in [7, 11) is 0. The Morgan fingerprint density at radius 1 is 1.10 bits per heavy atom. The second kappa shape index (κ2) is 10.5. The highest BCUT2D eigenvalue weighted by Gasteiger charge is 2.12. The summed E-state index contributed by atoms with van der Waals surface area (Å²) in [4.78, 5) is 24.5. The van der Waals surface area contributed by atoms with Gasteiger partial charge >= 0.3 is 12.0 Å². The third kappa shape index (κ3) is 9.61. The van der Waals surface area contributed by atoms with Crippen LogP contribution in [0.3, 0.4) is 0 Å². The van der Waals surface area contributed by atoms with Crippen LogP contribution in [0, 0.1) is 0 Å². The number of hydrogen-bond acceptors (Lipinski definition) is 3. The van der Waals surface area contributed by atoms with E-state index in [1.165, 1.54) is 0 Å². The smallest absolute Gasteiger partial charge is 0.315 e. The number of hydrogen-bond donors (Lipinski definition) is 3. The lowest BCUT2D eigenvalue weighted by Crippen LogP contribution is -2.45. The Morgan fingerprint density at radius 3 is 2.15 bits per heavy atom. The Bertz CT molecular complexity index is 293. The van der Waals surface area contributed by atoms with E-state index in [4.69, 9.17) is 5.11 Å². The van der Waals surface area contributed by atoms with Crippen LogP contribution in [0.1, 0.15) is 47.0 Å². The highest BCUT2D eigenvalue weighted by atomic mass is 16.4. The second-order valence-corrected chi connectivity index (χ2v) is 5.19. The maximum Gasteiger partial charge on any atom is 0.315 e. The van der Waals surface area contributed by atoms with Crippen LogP contribution >= 0.6 is 0 Å². The van der Waals surface area contributed by atoms with Crippen LogP contribution in [-0.4, -0.2) is 53.7 Å². The van der Waals surface area contributed by atoms with Gasteiger partial charge in [-0.2, -0.15) is 0 Å². The zero-order valence-electron chi connectivity index (χ0n) is 13.1. The molecule has 6 heteroatoms. The first-order chi connectivity index (χ1) is 9.38. The predicted molar refractivity (Wildman–Crippen MR) is 79.9 cm³/mol. The molecule has 0 aromatic carbocycles. The molecule has 0 aromatic rings. The first-order valence-corrected chi connectivity index (χ1v) is 7.40. The Balaban J connectivity index is 3.82. The maximum atomic E-state index is 11.6. The molecule has 0 spiro atoms. The van der Waals surface area contributed by atoms with Gasteiger partial charge in [-0.25, -0.2) is 4.79 Å². The van der Waals surface area contributed by atoms with Gasteiger partial charge in [0.15, 0.2) is 0 Å². The minimum atomic E-state index is -0.912. The van der Waals surface area contributed by atoms with E-state index in [1.54, 1.807) is 6.92 Å². The lowest BCUT2D eigenvalue weighted by Gasteiger charge is -2.20. The molecule has 0 aliphatic carbocycles. The summed E-state index contributed by atoms with van der Waals surface area (Å²) in [6.07, 6.45) is 1.88. The van der Waals surface area contributed by atoms with Crippen molar-refractivity contribution in [2.75, 3.05) is 19.6 Å². The zero-order valence-corrected chi connectivity index (χ0v) is 13.1. The van der Waals surface area contributed by atoms with Crippen molar-refractivity contribution in [3.05, 3.63) is 0 Å². The van der Waals surface area contributed by atoms with E-state index < -0.39 is 5.97 Å². The molecule has 6 nitrogen and oxygen atoms in total. The summed E-state index contributed by atoms with van der Waals surface area (Å²) < 4.78 is 0. The van der Waals surface area contributed by atoms with E-state index in [0.717, 1.165) is 32.5 Å². The molecular weight excluding hydrogens is 258 g/mol. The van der Waals surface area contributed by atoms with Crippen LogP contribution in [0.4, 0.5) is 4.79 Å². The molecule has 0 saturated carbocycles. The van der Waals surface area contributed by atoms with Gasteiger partial charge in [0, 0.05) is 12.1 Å². The highest BCUT2D eigenvalue weighted by molar-refractivity contribution is 5.75. The molecule has 0 saturated heterocycles. The van der Waals surface area contributed by atoms with Crippen LogP contribution < -0.4 is 10.6 Å². The average Bonchev–Trinajstić information content (AvgIpc) is 2.33. The monoisotopic (exact) mass is 287 g/mol. The molecule has 2 atom stereocenters. The van der Waals surface area contributed by atoms with Crippen LogP contribution in [0.15, 0.2) is 0 Å². The Morgan fingerprint density at radius 2 is 1.65 bits per heavy atom. The van der Waals surface area contributed by atoms with E-state index in [9.17, 15) is 9.59 Å². The third-order valence-corrected chi connectivity index (χ3v) is 3.24. The minimum absolute atomic E-state index is 0.0657. The fourth-order valence-corrected chi connectivity index (χ4v) is 2.04. The largest absolute Gasteiger partial charge is 0.481 e. The highest BCUT2D eigenvalue weighted by Crippen LogP contribution is 2.00. The predicted octanol–water partition coefficient (Wildman–Crippen LogP) is 1.66. The van der Waals surface area contributed by atoms with Crippen LogP contribution in [0.2, 0.25) is 0 Å². The van der Waals surface area contributed by atoms with Gasteiger partial charge in [0.05, 0.1) is 6.42 Å². The molecule has 0 fully saturated rings. The van der Waals surface area contributed by atoms with Crippen molar-refractivity contribution >= 4 is 12.0 Å². The quantitative estimate of drug-likeness (QED) is 0.571. The second-order valence-electron chi connectivity index (χ2n) is 5.19. The molecule has 20 heavy (non-hydrogen) atoms. The molecule has 0 radical (unpaired) electrons. The molecule has 2 amide bonds. The number of nitrogens with one attached hydrogen (secondary N) is 2. The van der Waals surface area contributed by atoms with E-state index in [2.05, 4.69) is 29.4 Å². The SMILES string of the molecule is CCN(CC)CCCC(C)NC(=O)NC(C)CC(=O)O. The number of amides is 2. The first kappa shape index (κ1) is 18.7. The number of carboxylic acids is 1. The fourth-order valence-electron chi connectivity index (χ4n) is 2.04. The van der Waals surface area contributed by atoms with Gasteiger partial charge in [-0.15, -0.1) is 0 Å². The van der Waals surface area contributed by atoms with Gasteiger partial charge in [-0.3, -0.25) is 4.79 Å². The minimum Gasteiger partial charge on any atom is -0.481 e. The van der Waals surface area contributed by atoms with E-state index >= 15 is 0 Å². The molecule has 2 unspecified atom stereocenters. The normalized spacial score (nSPS) is 13.8. The van der Waals surface area contributed by atoms with Gasteiger partial charge < -0.3 is 20.6 Å². The Labute approximate surface area is 121 Å². The van der Waals surface area contributed by atoms with Crippen LogP contribution in [0.25, 0.3) is 0 Å². The van der Waals surface area contributed by atoms with Crippen molar-refractivity contribution in [2.45, 2.75) is 59.0 Å². The summed E-state index contributed by atoms with van der Waals surface area (Å²) in [5.41, 5.74) is 0. The van der Waals surface area contributed by atoms with Crippen molar-refractivity contribution in [1.29, 1.82) is 0 Å². The van der Waals surface area contributed by atoms with E-state index in [-0.39, 0.29) is 24.5 Å². The summed E-state index contributed by atoms with van der Waals surface area (Å²) in [6, 6.07) is -0.577. The number of carbonyl (C=O) groups is 2. The van der Waals surface area contributed by atoms with Crippen molar-refractivity contribution in [3.63, 3.8) is 0 Å². The first-order valence-electron chi connectivity index (χ1n) is 7.40. The van der Waals surface area contributed by atoms with E-state index in [1.807, 2.05) is 6.92 Å². The third-order valence-electron chi connectivity index (χ3n) is 3.24. The molecular formula is C14H29N3O3. The zero-order chi connectivity index (χ0) is 15.5. The number of rotatable bonds is 10. The maximum absolute atomic E-state index is 11.6. The molecule has 0 aliphatic rings. The molecule has 0 rings (SSSR count). The van der Waals surface area contributed by atoms with Gasteiger partial charge in [-0.1, -0.05) is 13.8 Å². The standard InChI is InChI=1S/C14H29N3O3/c1-5-17(6-2)9-7-8-11(3)15-14(20)16-12(4)10-13(18)19/h11-12H,5-10H2,1-4H3,(H,18,19)(H2,15,16,20). The van der Waals surface area contributed by atoms with Gasteiger partial charge in [-0.05, 0) is 46.3 Å². The molecule has 0 bridgehead atoms. The topological polar surface area (TPSA) is 81.7 Å². The number of carboxylic acid groups (broad SMARTS) is 1. The lowest BCUT2D eigenvalue weighted by atomic mass is 10.2. The average molecular weight is 287 g/mol. The van der Waals surface area contributed by atoms with Gasteiger partial charge in [0.2, 0.25) is 0 Å². The molecule has 0 aromatic heterocycles. The van der Waals surface area contributed by atoms with Crippen LogP contribution in [-0.2, 0) is 4.79 Å². The number of nitrogens with zero attached hydrogens (tertiary/aromatic N) is 1. The van der Waals surface area contributed by atoms with Crippen molar-refractivity contribution in [2.24, 2.45) is 0 Å². The summed E-state index contributed by atoms with van der Waals surface area (Å²) in [5, 5.41) is 14.1. The van der Waals surface area contributed by atoms with Crippen molar-refractivity contribution in [3.8, 4) is 0 Å². The molecule has 3 N–H and O–H groups in total. The number of aliphatic carboxylic acids is 1. The lowest BCUT2D eigenvalue weighted by molar-refractivity contribution is -0.137. The van der Waals surface area contributed by atoms with Crippen molar-refractivity contribution < 1.29 is 14.7 Å². The molecule has 0 heterocycles. The summed E-state index contributed by atoms with van der Waals surface area (Å²) >= 11 is 0. The molecule has 118 valence electrons. The van der Waals surface area contributed by atoms with Gasteiger partial charge in [0.25, 0.3) is 0 Å².